The molecule has 1 fully saturated rings. The Morgan fingerprint density at radius 3 is 2.90 bits per heavy atom. The molecular weight excluding hydrogens is 376 g/mol. The minimum Gasteiger partial charge on any atom is -0.490 e. The summed E-state index contributed by atoms with van der Waals surface area (Å²) in [5.41, 5.74) is 3.90. The third-order valence-electron chi connectivity index (χ3n) is 5.91. The minimum absolute atomic E-state index is 0.224. The fourth-order valence-electron chi connectivity index (χ4n) is 4.33. The van der Waals surface area contributed by atoms with Crippen LogP contribution in [-0.2, 0) is 0 Å². The molecule has 0 aliphatic carbocycles. The van der Waals surface area contributed by atoms with Crippen LogP contribution >= 0.6 is 0 Å². The first-order valence-corrected chi connectivity index (χ1v) is 10.6. The van der Waals surface area contributed by atoms with Crippen molar-refractivity contribution in [3.8, 4) is 28.4 Å². The number of aromatic amines is 2. The summed E-state index contributed by atoms with van der Waals surface area (Å²) in [4.78, 5) is 4.26. The molecule has 0 amide bonds. The molecule has 154 valence electrons. The van der Waals surface area contributed by atoms with Crippen LogP contribution < -0.4 is 10.1 Å². The third kappa shape index (κ3) is 3.68. The molecule has 0 bridgehead atoms. The lowest BCUT2D eigenvalue weighted by Crippen LogP contribution is -2.39. The highest BCUT2D eigenvalue weighted by molar-refractivity contribution is 5.95. The third-order valence-corrected chi connectivity index (χ3v) is 5.91. The molecule has 1 saturated heterocycles. The molecule has 7 heteroatoms. The van der Waals surface area contributed by atoms with Crippen LogP contribution in [0.2, 0.25) is 0 Å². The summed E-state index contributed by atoms with van der Waals surface area (Å²) in [6.07, 6.45) is 5.18. The molecule has 7 nitrogen and oxygen atoms in total. The molecule has 2 unspecified atom stereocenters. The van der Waals surface area contributed by atoms with Crippen molar-refractivity contribution in [2.24, 2.45) is 5.92 Å². The number of ether oxygens (including phenoxy) is 1. The second-order valence-electron chi connectivity index (χ2n) is 7.87. The molecule has 0 radical (unpaired) electrons. The Hall–Kier alpha value is -3.19. The Morgan fingerprint density at radius 2 is 2.10 bits per heavy atom. The van der Waals surface area contributed by atoms with Gasteiger partial charge in [0.1, 0.15) is 23.9 Å². The van der Waals surface area contributed by atoms with Crippen LogP contribution in [0.15, 0.2) is 48.8 Å². The van der Waals surface area contributed by atoms with E-state index in [1.807, 2.05) is 24.3 Å². The molecule has 4 aromatic rings. The molecule has 2 aromatic carbocycles. The van der Waals surface area contributed by atoms with Gasteiger partial charge in [-0.25, -0.2) is 4.98 Å². The Kier molecular flexibility index (Phi) is 5.19. The highest BCUT2D eigenvalue weighted by Gasteiger charge is 2.24. The number of piperidine rings is 1. The van der Waals surface area contributed by atoms with Gasteiger partial charge in [0.15, 0.2) is 5.82 Å². The number of aromatic nitrogens is 5. The number of hydrogen-bond acceptors (Lipinski definition) is 5. The van der Waals surface area contributed by atoms with Crippen molar-refractivity contribution in [3.05, 3.63) is 48.8 Å². The zero-order valence-electron chi connectivity index (χ0n) is 17.1. The van der Waals surface area contributed by atoms with Gasteiger partial charge in [-0.15, -0.1) is 0 Å². The maximum absolute atomic E-state index is 6.44. The Labute approximate surface area is 175 Å². The van der Waals surface area contributed by atoms with E-state index in [1.54, 1.807) is 0 Å². The van der Waals surface area contributed by atoms with Gasteiger partial charge in [-0.05, 0) is 56.1 Å². The van der Waals surface area contributed by atoms with Crippen molar-refractivity contribution >= 4 is 10.9 Å². The maximum Gasteiger partial charge on any atom is 0.155 e. The van der Waals surface area contributed by atoms with Crippen LogP contribution in [0.4, 0.5) is 0 Å². The molecule has 3 heterocycles. The SMILES string of the molecule is CCC(Oc1cccc(-c2n[nH]c3ccc(-c4ncn[nH]4)cc23)c1)C1CCCNC1. The lowest BCUT2D eigenvalue weighted by atomic mass is 9.92. The standard InChI is InChI=1S/C23H26N6O/c1-2-21(17-6-4-10-24-13-17)30-18-7-3-5-15(11-18)22-19-12-16(23-25-14-26-29-23)8-9-20(19)27-28-22/h3,5,7-9,11-12,14,17,21,24H,2,4,6,10,13H2,1H3,(H,27,28)(H,25,26,29). The van der Waals surface area contributed by atoms with Gasteiger partial charge in [-0.3, -0.25) is 10.2 Å². The van der Waals surface area contributed by atoms with Gasteiger partial charge >= 0.3 is 0 Å². The predicted octanol–water partition coefficient (Wildman–Crippen LogP) is 4.17. The van der Waals surface area contributed by atoms with E-state index in [0.717, 1.165) is 58.8 Å². The van der Waals surface area contributed by atoms with Crippen LogP contribution in [0.3, 0.4) is 0 Å². The second-order valence-corrected chi connectivity index (χ2v) is 7.87. The summed E-state index contributed by atoms with van der Waals surface area (Å²) < 4.78 is 6.44. The Bertz CT molecular complexity index is 1110. The summed E-state index contributed by atoms with van der Waals surface area (Å²) in [5.74, 6) is 2.20. The van der Waals surface area contributed by atoms with Crippen molar-refractivity contribution in [3.63, 3.8) is 0 Å². The smallest absolute Gasteiger partial charge is 0.155 e. The molecule has 30 heavy (non-hydrogen) atoms. The number of fused-ring (bicyclic) bond motifs is 1. The first-order chi connectivity index (χ1) is 14.8. The van der Waals surface area contributed by atoms with Crippen LogP contribution in [0.25, 0.3) is 33.5 Å². The van der Waals surface area contributed by atoms with Gasteiger partial charge in [0, 0.05) is 29.0 Å². The van der Waals surface area contributed by atoms with Crippen LogP contribution in [0, 0.1) is 5.92 Å². The molecule has 0 saturated carbocycles. The normalized spacial score (nSPS) is 17.8. The Balaban J connectivity index is 1.44. The van der Waals surface area contributed by atoms with E-state index in [9.17, 15) is 0 Å². The van der Waals surface area contributed by atoms with E-state index in [1.165, 1.54) is 19.2 Å². The summed E-state index contributed by atoms with van der Waals surface area (Å²) >= 11 is 0. The van der Waals surface area contributed by atoms with E-state index in [-0.39, 0.29) is 6.10 Å². The average Bonchev–Trinajstić information content (AvgIpc) is 3.48. The minimum atomic E-state index is 0.224. The highest BCUT2D eigenvalue weighted by Crippen LogP contribution is 2.32. The van der Waals surface area contributed by atoms with Gasteiger partial charge in [0.05, 0.1) is 5.52 Å². The molecule has 1 aliphatic rings. The van der Waals surface area contributed by atoms with Crippen molar-refractivity contribution < 1.29 is 4.74 Å². The fourth-order valence-corrected chi connectivity index (χ4v) is 4.33. The number of hydrogen-bond donors (Lipinski definition) is 3. The van der Waals surface area contributed by atoms with Gasteiger partial charge < -0.3 is 10.1 Å². The molecular formula is C23H26N6O. The number of nitrogens with one attached hydrogen (secondary N) is 3. The van der Waals surface area contributed by atoms with E-state index in [4.69, 9.17) is 4.74 Å². The summed E-state index contributed by atoms with van der Waals surface area (Å²) in [6, 6.07) is 14.4. The first kappa shape index (κ1) is 18.8. The summed E-state index contributed by atoms with van der Waals surface area (Å²) in [6.45, 7) is 4.35. The molecule has 2 atom stereocenters. The Morgan fingerprint density at radius 1 is 1.13 bits per heavy atom. The second kappa shape index (κ2) is 8.28. The quantitative estimate of drug-likeness (QED) is 0.450. The van der Waals surface area contributed by atoms with E-state index in [2.05, 4.69) is 55.8 Å². The predicted molar refractivity (Wildman–Crippen MR) is 117 cm³/mol. The first-order valence-electron chi connectivity index (χ1n) is 10.6. The van der Waals surface area contributed by atoms with Gasteiger partial charge in [-0.2, -0.15) is 10.2 Å². The number of H-pyrrole nitrogens is 2. The zero-order chi connectivity index (χ0) is 20.3. The van der Waals surface area contributed by atoms with Crippen molar-refractivity contribution in [2.75, 3.05) is 13.1 Å². The van der Waals surface area contributed by atoms with E-state index in [0.29, 0.717) is 5.92 Å². The monoisotopic (exact) mass is 402 g/mol. The lowest BCUT2D eigenvalue weighted by Gasteiger charge is -2.30. The van der Waals surface area contributed by atoms with Crippen molar-refractivity contribution in [1.29, 1.82) is 0 Å². The zero-order valence-corrected chi connectivity index (χ0v) is 17.1. The number of benzene rings is 2. The van der Waals surface area contributed by atoms with Gasteiger partial charge in [0.25, 0.3) is 0 Å². The number of rotatable bonds is 6. The molecule has 3 N–H and O–H groups in total. The van der Waals surface area contributed by atoms with Gasteiger partial charge in [-0.1, -0.05) is 19.1 Å². The summed E-state index contributed by atoms with van der Waals surface area (Å²) in [7, 11) is 0. The highest BCUT2D eigenvalue weighted by atomic mass is 16.5. The summed E-state index contributed by atoms with van der Waals surface area (Å²) in [5, 5.41) is 19.1. The van der Waals surface area contributed by atoms with E-state index < -0.39 is 0 Å². The van der Waals surface area contributed by atoms with Crippen molar-refractivity contribution in [1.82, 2.24) is 30.7 Å². The number of nitrogens with zero attached hydrogens (tertiary/aromatic N) is 3. The molecule has 1 aliphatic heterocycles. The molecule has 5 rings (SSSR count). The van der Waals surface area contributed by atoms with Crippen LogP contribution in [0.1, 0.15) is 26.2 Å². The van der Waals surface area contributed by atoms with Gasteiger partial charge in [0.2, 0.25) is 0 Å². The maximum atomic E-state index is 6.44. The van der Waals surface area contributed by atoms with E-state index >= 15 is 0 Å². The van der Waals surface area contributed by atoms with Crippen LogP contribution in [0.5, 0.6) is 5.75 Å². The van der Waals surface area contributed by atoms with Crippen LogP contribution in [-0.4, -0.2) is 44.6 Å². The molecule has 2 aromatic heterocycles. The molecule has 0 spiro atoms. The lowest BCUT2D eigenvalue weighted by molar-refractivity contribution is 0.111. The average molecular weight is 403 g/mol. The largest absolute Gasteiger partial charge is 0.490 e. The van der Waals surface area contributed by atoms with Crippen molar-refractivity contribution in [2.45, 2.75) is 32.3 Å². The topological polar surface area (TPSA) is 91.5 Å². The fraction of sp³-hybridized carbons (Fsp3) is 0.348.